The molecule has 1 aliphatic heterocycles. The Morgan fingerprint density at radius 1 is 1.24 bits per heavy atom. The molecule has 1 aliphatic rings. The highest BCUT2D eigenvalue weighted by molar-refractivity contribution is 14.1. The van der Waals surface area contributed by atoms with Crippen LogP contribution in [0.25, 0.3) is 10.8 Å². The van der Waals surface area contributed by atoms with Crippen LogP contribution < -0.4 is 20.9 Å². The van der Waals surface area contributed by atoms with Gasteiger partial charge in [-0.05, 0) is 61.7 Å². The van der Waals surface area contributed by atoms with Crippen molar-refractivity contribution < 1.29 is 33.0 Å². The molecule has 6 atom stereocenters. The molecule has 1 unspecified atom stereocenters. The minimum absolute atomic E-state index is 0.201. The molecule has 1 aromatic heterocycles. The summed E-state index contributed by atoms with van der Waals surface area (Å²) in [6, 6.07) is 11.4. The van der Waals surface area contributed by atoms with Crippen LogP contribution in [0.2, 0.25) is 0 Å². The summed E-state index contributed by atoms with van der Waals surface area (Å²) in [7, 11) is -4.34. The fraction of sp³-hybridized carbons (Fsp3) is 0.423. The van der Waals surface area contributed by atoms with Gasteiger partial charge in [0.05, 0.1) is 16.3 Å². The van der Waals surface area contributed by atoms with Crippen LogP contribution in [0.15, 0.2) is 58.3 Å². The van der Waals surface area contributed by atoms with E-state index in [1.54, 1.807) is 60.7 Å². The molecule has 2 heterocycles. The SMILES string of the molecule is CC(C)OC(=O)[C@@H](C)N[P@@](=O)(OC[C@H]1OC(n2cc(I)c(=O)[nH]c2=O)[C@](C)(Cl)[C@@H]1O)Oc1cccc2ccccc12. The van der Waals surface area contributed by atoms with Gasteiger partial charge in [0.1, 0.15) is 28.9 Å². The molecule has 0 spiro atoms. The number of ether oxygens (including phenoxy) is 2. The van der Waals surface area contributed by atoms with E-state index < -0.39 is 67.0 Å². The largest absolute Gasteiger partial charge is 0.462 e. The Morgan fingerprint density at radius 3 is 2.63 bits per heavy atom. The molecule has 222 valence electrons. The molecule has 2 aromatic carbocycles. The van der Waals surface area contributed by atoms with Crippen LogP contribution in [0.5, 0.6) is 5.75 Å². The molecule has 41 heavy (non-hydrogen) atoms. The van der Waals surface area contributed by atoms with Gasteiger partial charge >= 0.3 is 19.4 Å². The predicted molar refractivity (Wildman–Crippen MR) is 160 cm³/mol. The summed E-state index contributed by atoms with van der Waals surface area (Å²) in [5.74, 6) is -0.450. The highest BCUT2D eigenvalue weighted by Gasteiger charge is 2.54. The smallest absolute Gasteiger partial charge is 0.459 e. The number of nitrogens with one attached hydrogen (secondary N) is 2. The summed E-state index contributed by atoms with van der Waals surface area (Å²) >= 11 is 8.39. The highest BCUT2D eigenvalue weighted by atomic mass is 127. The van der Waals surface area contributed by atoms with Gasteiger partial charge in [0.2, 0.25) is 0 Å². The lowest BCUT2D eigenvalue weighted by atomic mass is 10.0. The van der Waals surface area contributed by atoms with E-state index in [2.05, 4.69) is 10.1 Å². The van der Waals surface area contributed by atoms with Crippen molar-refractivity contribution in [1.82, 2.24) is 14.6 Å². The third-order valence-corrected chi connectivity index (χ3v) is 9.14. The minimum Gasteiger partial charge on any atom is -0.462 e. The number of H-pyrrole nitrogens is 1. The van der Waals surface area contributed by atoms with E-state index >= 15 is 0 Å². The number of aromatic nitrogens is 2. The Balaban J connectivity index is 1.61. The molecular formula is C26H30ClIN3O9P. The number of aromatic amines is 1. The third-order valence-electron chi connectivity index (χ3n) is 6.33. The summed E-state index contributed by atoms with van der Waals surface area (Å²) in [4.78, 5) is 37.5. The molecule has 0 radical (unpaired) electrons. The summed E-state index contributed by atoms with van der Waals surface area (Å²) in [6.45, 7) is 5.77. The van der Waals surface area contributed by atoms with Crippen molar-refractivity contribution >= 4 is 58.7 Å². The zero-order chi connectivity index (χ0) is 30.1. The Bertz CT molecular complexity index is 1590. The van der Waals surface area contributed by atoms with Crippen molar-refractivity contribution in [3.05, 3.63) is 73.1 Å². The number of carbonyl (C=O) groups is 1. The first-order chi connectivity index (χ1) is 19.2. The average Bonchev–Trinajstić information content (AvgIpc) is 3.13. The van der Waals surface area contributed by atoms with Crippen molar-refractivity contribution in [2.45, 2.75) is 63.2 Å². The van der Waals surface area contributed by atoms with Crippen LogP contribution in [0.4, 0.5) is 0 Å². The van der Waals surface area contributed by atoms with Gasteiger partial charge in [0, 0.05) is 11.6 Å². The van der Waals surface area contributed by atoms with E-state index in [-0.39, 0.29) is 9.32 Å². The fourth-order valence-corrected chi connectivity index (χ4v) is 6.53. The van der Waals surface area contributed by atoms with E-state index in [1.165, 1.54) is 20.0 Å². The lowest BCUT2D eigenvalue weighted by Gasteiger charge is -2.27. The van der Waals surface area contributed by atoms with Gasteiger partial charge in [-0.15, -0.1) is 11.6 Å². The summed E-state index contributed by atoms with van der Waals surface area (Å²) in [6.07, 6.45) is -2.94. The number of alkyl halides is 1. The number of esters is 1. The number of halogens is 2. The van der Waals surface area contributed by atoms with Crippen molar-refractivity contribution in [2.24, 2.45) is 0 Å². The maximum Gasteiger partial charge on any atom is 0.459 e. The Morgan fingerprint density at radius 2 is 1.93 bits per heavy atom. The fourth-order valence-electron chi connectivity index (χ4n) is 4.28. The van der Waals surface area contributed by atoms with Gasteiger partial charge in [-0.1, -0.05) is 36.4 Å². The Labute approximate surface area is 254 Å². The lowest BCUT2D eigenvalue weighted by molar-refractivity contribution is -0.149. The lowest BCUT2D eigenvalue weighted by Crippen LogP contribution is -2.43. The van der Waals surface area contributed by atoms with Crippen LogP contribution in [-0.4, -0.2) is 56.5 Å². The van der Waals surface area contributed by atoms with Crippen molar-refractivity contribution in [3.63, 3.8) is 0 Å². The van der Waals surface area contributed by atoms with E-state index in [4.69, 9.17) is 30.1 Å². The molecular weight excluding hydrogens is 692 g/mol. The van der Waals surface area contributed by atoms with Crippen molar-refractivity contribution in [2.75, 3.05) is 6.61 Å². The van der Waals surface area contributed by atoms with E-state index in [0.717, 1.165) is 9.95 Å². The van der Waals surface area contributed by atoms with E-state index in [1.807, 2.05) is 18.2 Å². The number of hydrogen-bond donors (Lipinski definition) is 3. The zero-order valence-corrected chi connectivity index (χ0v) is 26.4. The van der Waals surface area contributed by atoms with Gasteiger partial charge in [-0.2, -0.15) is 5.09 Å². The standard InChI is InChI=1S/C26H30ClIN3O9P/c1-14(2)38-23(34)15(3)30-41(36,40-19-11-7-9-16-8-5-6-10-17(16)19)37-13-20-21(32)26(4,27)24(39-20)31-12-18(28)22(33)29-25(31)35/h5-12,14-15,20-21,24,32H,13H2,1-4H3,(H,30,36)(H,29,33,35)/t15-,20-,21-,24?,26-,41-/m1/s1. The van der Waals surface area contributed by atoms with Gasteiger partial charge in [-0.3, -0.25) is 23.7 Å². The first-order valence-electron chi connectivity index (χ1n) is 12.7. The van der Waals surface area contributed by atoms with Gasteiger partial charge in [0.25, 0.3) is 5.56 Å². The number of benzene rings is 2. The van der Waals surface area contributed by atoms with E-state index in [9.17, 15) is 24.1 Å². The van der Waals surface area contributed by atoms with Crippen LogP contribution in [0.3, 0.4) is 0 Å². The van der Waals surface area contributed by atoms with Crippen LogP contribution in [-0.2, 0) is 23.4 Å². The van der Waals surface area contributed by atoms with E-state index in [0.29, 0.717) is 5.39 Å². The second-order valence-electron chi connectivity index (χ2n) is 9.96. The quantitative estimate of drug-likeness (QED) is 0.122. The molecule has 0 amide bonds. The first kappa shape index (κ1) is 31.7. The normalized spacial score (nSPS) is 24.7. The maximum atomic E-state index is 14.1. The highest BCUT2D eigenvalue weighted by Crippen LogP contribution is 2.49. The average molecular weight is 722 g/mol. The summed E-state index contributed by atoms with van der Waals surface area (Å²) < 4.78 is 38.1. The predicted octanol–water partition coefficient (Wildman–Crippen LogP) is 3.68. The van der Waals surface area contributed by atoms with Crippen LogP contribution in [0, 0.1) is 3.57 Å². The molecule has 3 aromatic rings. The number of rotatable bonds is 10. The van der Waals surface area contributed by atoms with Crippen molar-refractivity contribution in [3.8, 4) is 5.75 Å². The molecule has 1 saturated heterocycles. The Kier molecular flexibility index (Phi) is 9.69. The maximum absolute atomic E-state index is 14.1. The molecule has 1 fully saturated rings. The molecule has 15 heteroatoms. The minimum atomic E-state index is -4.34. The second-order valence-corrected chi connectivity index (χ2v) is 13.6. The van der Waals surface area contributed by atoms with Gasteiger partial charge in [-0.25, -0.2) is 9.36 Å². The molecule has 3 N–H and O–H groups in total. The summed E-state index contributed by atoms with van der Waals surface area (Å²) in [5, 5.41) is 15.1. The molecule has 4 rings (SSSR count). The molecule has 0 aliphatic carbocycles. The molecule has 0 saturated carbocycles. The van der Waals surface area contributed by atoms with Crippen LogP contribution >= 0.6 is 41.9 Å². The number of hydrogen-bond acceptors (Lipinski definition) is 9. The summed E-state index contributed by atoms with van der Waals surface area (Å²) in [5.41, 5.74) is -1.37. The number of aliphatic hydroxyl groups is 1. The topological polar surface area (TPSA) is 158 Å². The second kappa shape index (κ2) is 12.5. The van der Waals surface area contributed by atoms with Crippen molar-refractivity contribution in [1.29, 1.82) is 0 Å². The number of carbonyl (C=O) groups excluding carboxylic acids is 1. The molecule has 0 bridgehead atoms. The molecule has 12 nitrogen and oxygen atoms in total. The number of nitrogens with zero attached hydrogens (tertiary/aromatic N) is 1. The third kappa shape index (κ3) is 7.04. The zero-order valence-electron chi connectivity index (χ0n) is 22.6. The Hall–Kier alpha value is -2.26. The van der Waals surface area contributed by atoms with Crippen LogP contribution in [0.1, 0.15) is 33.9 Å². The van der Waals surface area contributed by atoms with Gasteiger partial charge < -0.3 is 19.1 Å². The monoisotopic (exact) mass is 721 g/mol. The van der Waals surface area contributed by atoms with Gasteiger partial charge in [0.15, 0.2) is 6.23 Å². The number of fused-ring (bicyclic) bond motifs is 1. The number of aliphatic hydroxyl groups excluding tert-OH is 1. The first-order valence-corrected chi connectivity index (χ1v) is 15.7.